The lowest BCUT2D eigenvalue weighted by Gasteiger charge is -2.29. The van der Waals surface area contributed by atoms with Crippen LogP contribution in [0.1, 0.15) is 68.3 Å². The molecule has 0 radical (unpaired) electrons. The number of amides is 1. The van der Waals surface area contributed by atoms with Crippen molar-refractivity contribution in [1.82, 2.24) is 15.6 Å². The van der Waals surface area contributed by atoms with E-state index in [0.29, 0.717) is 29.9 Å². The SMILES string of the molecule is CCC(CNC1CCCCC1)C(CNc1ncc(C)cc1C(=O)NC(C)N)OC. The first-order valence-electron chi connectivity index (χ1n) is 11.0. The molecule has 164 valence electrons. The summed E-state index contributed by atoms with van der Waals surface area (Å²) in [7, 11) is 1.75. The molecule has 1 amide bonds. The average molecular weight is 406 g/mol. The Bertz CT molecular complexity index is 632. The highest BCUT2D eigenvalue weighted by molar-refractivity contribution is 5.99. The van der Waals surface area contributed by atoms with E-state index >= 15 is 0 Å². The van der Waals surface area contributed by atoms with E-state index in [1.54, 1.807) is 20.2 Å². The number of carbonyl (C=O) groups is 1. The van der Waals surface area contributed by atoms with Gasteiger partial charge in [-0.2, -0.15) is 0 Å². The van der Waals surface area contributed by atoms with E-state index in [2.05, 4.69) is 27.9 Å². The van der Waals surface area contributed by atoms with Gasteiger partial charge in [0.05, 0.1) is 17.8 Å². The molecule has 1 aromatic heterocycles. The molecule has 0 aliphatic heterocycles. The van der Waals surface area contributed by atoms with E-state index in [4.69, 9.17) is 10.5 Å². The molecule has 0 bridgehead atoms. The van der Waals surface area contributed by atoms with Gasteiger partial charge in [-0.15, -0.1) is 0 Å². The van der Waals surface area contributed by atoms with Gasteiger partial charge in [-0.3, -0.25) is 4.79 Å². The summed E-state index contributed by atoms with van der Waals surface area (Å²) in [6.07, 6.45) is 8.97. The normalized spacial score (nSPS) is 18.1. The van der Waals surface area contributed by atoms with Gasteiger partial charge < -0.3 is 26.4 Å². The van der Waals surface area contributed by atoms with Gasteiger partial charge in [0.25, 0.3) is 5.91 Å². The third-order valence-corrected chi connectivity index (χ3v) is 5.73. The Kier molecular flexibility index (Phi) is 9.84. The molecule has 5 N–H and O–H groups in total. The molecule has 1 aliphatic carbocycles. The number of aromatic nitrogens is 1. The molecule has 0 saturated heterocycles. The van der Waals surface area contributed by atoms with Crippen LogP contribution in [0.2, 0.25) is 0 Å². The van der Waals surface area contributed by atoms with Gasteiger partial charge >= 0.3 is 0 Å². The zero-order chi connectivity index (χ0) is 21.2. The first-order valence-corrected chi connectivity index (χ1v) is 11.0. The lowest BCUT2D eigenvalue weighted by Crippen LogP contribution is -2.41. The third-order valence-electron chi connectivity index (χ3n) is 5.73. The minimum atomic E-state index is -0.419. The lowest BCUT2D eigenvalue weighted by molar-refractivity contribution is 0.0582. The van der Waals surface area contributed by atoms with Crippen molar-refractivity contribution in [3.8, 4) is 0 Å². The Hall–Kier alpha value is -1.70. The summed E-state index contributed by atoms with van der Waals surface area (Å²) in [5, 5.41) is 9.81. The topological polar surface area (TPSA) is 101 Å². The fraction of sp³-hybridized carbons (Fsp3) is 0.727. The molecule has 7 nitrogen and oxygen atoms in total. The lowest BCUT2D eigenvalue weighted by atomic mass is 9.93. The Morgan fingerprint density at radius 2 is 2.03 bits per heavy atom. The molecular weight excluding hydrogens is 366 g/mol. The van der Waals surface area contributed by atoms with Crippen molar-refractivity contribution < 1.29 is 9.53 Å². The van der Waals surface area contributed by atoms with Gasteiger partial charge in [-0.25, -0.2) is 4.98 Å². The van der Waals surface area contributed by atoms with Crippen LogP contribution in [0.4, 0.5) is 5.82 Å². The minimum absolute atomic E-state index is 0.0311. The highest BCUT2D eigenvalue weighted by Gasteiger charge is 2.23. The van der Waals surface area contributed by atoms with Crippen LogP contribution < -0.4 is 21.7 Å². The molecule has 0 spiro atoms. The maximum absolute atomic E-state index is 12.5. The molecule has 1 aromatic rings. The molecule has 2 rings (SSSR count). The van der Waals surface area contributed by atoms with Crippen molar-refractivity contribution in [1.29, 1.82) is 0 Å². The van der Waals surface area contributed by atoms with Crippen LogP contribution in [-0.4, -0.2) is 49.4 Å². The predicted octanol–water partition coefficient (Wildman–Crippen LogP) is 2.80. The summed E-state index contributed by atoms with van der Waals surface area (Å²) in [6, 6.07) is 2.46. The monoisotopic (exact) mass is 405 g/mol. The summed E-state index contributed by atoms with van der Waals surface area (Å²) < 4.78 is 5.80. The second kappa shape index (κ2) is 12.1. The first kappa shape index (κ1) is 23.6. The number of rotatable bonds is 11. The van der Waals surface area contributed by atoms with Gasteiger partial charge in [0.1, 0.15) is 5.82 Å². The number of methoxy groups -OCH3 is 1. The van der Waals surface area contributed by atoms with Crippen molar-refractivity contribution in [2.75, 3.05) is 25.5 Å². The molecule has 0 aromatic carbocycles. The van der Waals surface area contributed by atoms with E-state index < -0.39 is 6.17 Å². The zero-order valence-electron chi connectivity index (χ0n) is 18.5. The van der Waals surface area contributed by atoms with Crippen LogP contribution >= 0.6 is 0 Å². The summed E-state index contributed by atoms with van der Waals surface area (Å²) in [5.41, 5.74) is 7.15. The fourth-order valence-electron chi connectivity index (χ4n) is 3.97. The molecule has 1 heterocycles. The third kappa shape index (κ3) is 7.57. The molecule has 7 heteroatoms. The number of ether oxygens (including phenoxy) is 1. The molecule has 1 aliphatic rings. The number of nitrogens with one attached hydrogen (secondary N) is 3. The number of hydrogen-bond acceptors (Lipinski definition) is 6. The fourth-order valence-corrected chi connectivity index (χ4v) is 3.97. The summed E-state index contributed by atoms with van der Waals surface area (Å²) in [4.78, 5) is 16.9. The number of nitrogens with zero attached hydrogens (tertiary/aromatic N) is 1. The van der Waals surface area contributed by atoms with Crippen molar-refractivity contribution in [2.24, 2.45) is 11.7 Å². The van der Waals surface area contributed by atoms with Gasteiger partial charge in [0.15, 0.2) is 0 Å². The maximum Gasteiger partial charge on any atom is 0.256 e. The Balaban J connectivity index is 1.98. The minimum Gasteiger partial charge on any atom is -0.379 e. The largest absolute Gasteiger partial charge is 0.379 e. The van der Waals surface area contributed by atoms with Crippen LogP contribution in [0.5, 0.6) is 0 Å². The summed E-state index contributed by atoms with van der Waals surface area (Å²) in [6.45, 7) is 7.39. The molecule has 1 fully saturated rings. The highest BCUT2D eigenvalue weighted by atomic mass is 16.5. The van der Waals surface area contributed by atoms with Crippen molar-refractivity contribution in [3.05, 3.63) is 23.4 Å². The number of nitrogens with two attached hydrogens (primary N) is 1. The van der Waals surface area contributed by atoms with Gasteiger partial charge in [0.2, 0.25) is 0 Å². The number of pyridine rings is 1. The molecule has 3 atom stereocenters. The summed E-state index contributed by atoms with van der Waals surface area (Å²) in [5.74, 6) is 0.728. The number of hydrogen-bond donors (Lipinski definition) is 4. The van der Waals surface area contributed by atoms with Crippen LogP contribution in [-0.2, 0) is 4.74 Å². The quantitative estimate of drug-likeness (QED) is 0.422. The highest BCUT2D eigenvalue weighted by Crippen LogP contribution is 2.20. The van der Waals surface area contributed by atoms with Crippen LogP contribution in [0.15, 0.2) is 12.3 Å². The number of carbonyl (C=O) groups excluding carboxylic acids is 1. The van der Waals surface area contributed by atoms with Crippen LogP contribution in [0.25, 0.3) is 0 Å². The molecule has 3 unspecified atom stereocenters. The van der Waals surface area contributed by atoms with Crippen molar-refractivity contribution >= 4 is 11.7 Å². The van der Waals surface area contributed by atoms with E-state index in [9.17, 15) is 4.79 Å². The zero-order valence-corrected chi connectivity index (χ0v) is 18.5. The van der Waals surface area contributed by atoms with E-state index in [-0.39, 0.29) is 12.0 Å². The molecular formula is C22H39N5O2. The standard InChI is InChI=1S/C22H39N5O2/c1-5-17(13-24-18-9-7-6-8-10-18)20(29-4)14-26-21-19(11-15(2)12-25-21)22(28)27-16(3)23/h11-12,16-18,20,24H,5-10,13-14,23H2,1-4H3,(H,25,26)(H,27,28). The number of aryl methyl sites for hydroxylation is 1. The average Bonchev–Trinajstić information content (AvgIpc) is 2.71. The Morgan fingerprint density at radius 3 is 2.66 bits per heavy atom. The van der Waals surface area contributed by atoms with E-state index in [0.717, 1.165) is 18.5 Å². The first-order chi connectivity index (χ1) is 13.9. The van der Waals surface area contributed by atoms with E-state index in [1.165, 1.54) is 32.1 Å². The summed E-state index contributed by atoms with van der Waals surface area (Å²) >= 11 is 0. The smallest absolute Gasteiger partial charge is 0.256 e. The molecule has 1 saturated carbocycles. The Morgan fingerprint density at radius 1 is 1.31 bits per heavy atom. The second-order valence-electron chi connectivity index (χ2n) is 8.24. The van der Waals surface area contributed by atoms with Crippen LogP contribution in [0, 0.1) is 12.8 Å². The maximum atomic E-state index is 12.5. The second-order valence-corrected chi connectivity index (χ2v) is 8.24. The van der Waals surface area contributed by atoms with Gasteiger partial charge in [-0.1, -0.05) is 26.2 Å². The van der Waals surface area contributed by atoms with E-state index in [1.807, 2.05) is 13.0 Å². The van der Waals surface area contributed by atoms with Crippen molar-refractivity contribution in [3.63, 3.8) is 0 Å². The number of anilines is 1. The van der Waals surface area contributed by atoms with Crippen LogP contribution in [0.3, 0.4) is 0 Å². The van der Waals surface area contributed by atoms with Gasteiger partial charge in [0, 0.05) is 32.4 Å². The van der Waals surface area contributed by atoms with Gasteiger partial charge in [-0.05, 0) is 50.7 Å². The van der Waals surface area contributed by atoms with Crippen molar-refractivity contribution in [2.45, 2.75) is 77.6 Å². The molecule has 29 heavy (non-hydrogen) atoms. The predicted molar refractivity (Wildman–Crippen MR) is 118 cm³/mol. The Labute approximate surface area is 175 Å².